The van der Waals surface area contributed by atoms with E-state index < -0.39 is 10.0 Å². The average Bonchev–Trinajstić information content (AvgIpc) is 2.62. The van der Waals surface area contributed by atoms with E-state index in [0.717, 1.165) is 20.8 Å². The highest BCUT2D eigenvalue weighted by atomic mass is 32.2. The molecule has 27 heavy (non-hydrogen) atoms. The molecule has 0 aliphatic heterocycles. The van der Waals surface area contributed by atoms with Gasteiger partial charge < -0.3 is 10.1 Å². The average molecular weight is 386 g/mol. The fraction of sp³-hybridized carbons (Fsp3) is 0.250. The zero-order valence-electron chi connectivity index (χ0n) is 15.3. The molecule has 7 heteroatoms. The molecule has 0 bridgehead atoms. The van der Waals surface area contributed by atoms with Crippen molar-refractivity contribution in [2.75, 3.05) is 13.2 Å². The Morgan fingerprint density at radius 2 is 1.67 bits per heavy atom. The zero-order valence-corrected chi connectivity index (χ0v) is 16.1. The van der Waals surface area contributed by atoms with Gasteiger partial charge in [0.2, 0.25) is 10.0 Å². The lowest BCUT2D eigenvalue weighted by atomic mass is 10.1. The van der Waals surface area contributed by atoms with Gasteiger partial charge in [-0.3, -0.25) is 4.79 Å². The van der Waals surface area contributed by atoms with Crippen LogP contribution in [0.3, 0.4) is 0 Å². The van der Waals surface area contributed by atoms with E-state index in [9.17, 15) is 18.3 Å². The topological polar surface area (TPSA) is 90.5 Å². The van der Waals surface area contributed by atoms with Crippen LogP contribution in [0.4, 0.5) is 0 Å². The first-order valence-corrected chi connectivity index (χ1v) is 10.1. The third-order valence-corrected chi connectivity index (χ3v) is 6.29. The molecule has 1 heterocycles. The first-order chi connectivity index (χ1) is 12.8. The molecule has 0 amide bonds. The summed E-state index contributed by atoms with van der Waals surface area (Å²) in [5, 5.41) is 10.2. The molecule has 2 aromatic carbocycles. The fourth-order valence-electron chi connectivity index (χ4n) is 2.93. The molecular formula is C20H22N2O4S. The Kier molecular flexibility index (Phi) is 5.46. The molecule has 0 unspecified atom stereocenters. The van der Waals surface area contributed by atoms with Crippen LogP contribution in [0.2, 0.25) is 0 Å². The molecule has 0 saturated carbocycles. The summed E-state index contributed by atoms with van der Waals surface area (Å²) in [4.78, 5) is 15.4. The van der Waals surface area contributed by atoms with Crippen LogP contribution in [0.1, 0.15) is 16.7 Å². The number of aliphatic hydroxyl groups is 1. The second kappa shape index (κ2) is 7.64. The summed E-state index contributed by atoms with van der Waals surface area (Å²) >= 11 is 0. The number of aromatic nitrogens is 1. The summed E-state index contributed by atoms with van der Waals surface area (Å²) in [6, 6.07) is 13.9. The first kappa shape index (κ1) is 19.3. The molecule has 1 aromatic heterocycles. The molecule has 0 aliphatic carbocycles. The summed E-state index contributed by atoms with van der Waals surface area (Å²) in [5.41, 5.74) is 2.68. The van der Waals surface area contributed by atoms with Crippen LogP contribution in [0.15, 0.2) is 58.2 Å². The highest BCUT2D eigenvalue weighted by Crippen LogP contribution is 2.19. The number of pyridine rings is 1. The van der Waals surface area contributed by atoms with Crippen LogP contribution in [0, 0.1) is 13.8 Å². The molecule has 3 rings (SSSR count). The van der Waals surface area contributed by atoms with E-state index in [0.29, 0.717) is 11.1 Å². The predicted molar refractivity (Wildman–Crippen MR) is 105 cm³/mol. The van der Waals surface area contributed by atoms with Crippen molar-refractivity contribution in [2.45, 2.75) is 25.3 Å². The molecule has 2 N–H and O–H groups in total. The maximum absolute atomic E-state index is 13.0. The van der Waals surface area contributed by atoms with Gasteiger partial charge in [0.05, 0.1) is 11.5 Å². The van der Waals surface area contributed by atoms with Crippen molar-refractivity contribution >= 4 is 20.9 Å². The van der Waals surface area contributed by atoms with Gasteiger partial charge in [0, 0.05) is 24.2 Å². The van der Waals surface area contributed by atoms with Gasteiger partial charge in [-0.15, -0.1) is 0 Å². The zero-order chi connectivity index (χ0) is 19.6. The minimum atomic E-state index is -3.84. The Hall–Kier alpha value is -2.48. The molecule has 0 fully saturated rings. The Bertz CT molecular complexity index is 1120. The standard InChI is InChI=1S/C20H22N2O4S/c1-14-3-6-18(7-4-14)27(25,26)22(9-10-23)13-17-12-16-11-15(2)5-8-19(16)21-20(17)24/h3-8,11-12,23H,9-10,13H2,1-2H3,(H,21,24). The van der Waals surface area contributed by atoms with Crippen LogP contribution >= 0.6 is 0 Å². The molecule has 0 spiro atoms. The van der Waals surface area contributed by atoms with Gasteiger partial charge in [-0.25, -0.2) is 8.42 Å². The summed E-state index contributed by atoms with van der Waals surface area (Å²) < 4.78 is 27.1. The van der Waals surface area contributed by atoms with Crippen LogP contribution in [-0.2, 0) is 16.6 Å². The molecule has 0 saturated heterocycles. The number of nitrogens with zero attached hydrogens (tertiary/aromatic N) is 1. The van der Waals surface area contributed by atoms with Crippen LogP contribution in [0.25, 0.3) is 10.9 Å². The van der Waals surface area contributed by atoms with E-state index in [1.165, 1.54) is 12.1 Å². The normalized spacial score (nSPS) is 12.0. The molecular weight excluding hydrogens is 364 g/mol. The fourth-order valence-corrected chi connectivity index (χ4v) is 4.34. The van der Waals surface area contributed by atoms with Crippen molar-refractivity contribution in [1.29, 1.82) is 0 Å². The summed E-state index contributed by atoms with van der Waals surface area (Å²) in [6.07, 6.45) is 0. The molecule has 0 aliphatic rings. The van der Waals surface area contributed by atoms with E-state index in [1.54, 1.807) is 18.2 Å². The van der Waals surface area contributed by atoms with E-state index in [2.05, 4.69) is 4.98 Å². The van der Waals surface area contributed by atoms with Crippen molar-refractivity contribution in [3.05, 3.63) is 75.6 Å². The van der Waals surface area contributed by atoms with E-state index in [1.807, 2.05) is 32.0 Å². The number of hydrogen-bond acceptors (Lipinski definition) is 4. The quantitative estimate of drug-likeness (QED) is 0.680. The maximum Gasteiger partial charge on any atom is 0.252 e. The highest BCUT2D eigenvalue weighted by Gasteiger charge is 2.25. The van der Waals surface area contributed by atoms with Crippen molar-refractivity contribution in [2.24, 2.45) is 0 Å². The number of hydrogen-bond donors (Lipinski definition) is 2. The molecule has 6 nitrogen and oxygen atoms in total. The van der Waals surface area contributed by atoms with E-state index in [4.69, 9.17) is 0 Å². The van der Waals surface area contributed by atoms with Gasteiger partial charge in [0.25, 0.3) is 5.56 Å². The monoisotopic (exact) mass is 386 g/mol. The molecule has 0 atom stereocenters. The molecule has 3 aromatic rings. The number of aryl methyl sites for hydroxylation is 2. The van der Waals surface area contributed by atoms with Crippen molar-refractivity contribution in [3.8, 4) is 0 Å². The Morgan fingerprint density at radius 3 is 2.33 bits per heavy atom. The SMILES string of the molecule is Cc1ccc(S(=O)(=O)N(CCO)Cc2cc3cc(C)ccc3[nH]c2=O)cc1. The smallest absolute Gasteiger partial charge is 0.252 e. The van der Waals surface area contributed by atoms with Gasteiger partial charge in [-0.05, 0) is 49.6 Å². The number of benzene rings is 2. The van der Waals surface area contributed by atoms with E-state index >= 15 is 0 Å². The Labute approximate surface area is 158 Å². The first-order valence-electron chi connectivity index (χ1n) is 8.61. The lowest BCUT2D eigenvalue weighted by Gasteiger charge is -2.21. The largest absolute Gasteiger partial charge is 0.395 e. The number of sulfonamides is 1. The third-order valence-electron chi connectivity index (χ3n) is 4.43. The lowest BCUT2D eigenvalue weighted by molar-refractivity contribution is 0.251. The van der Waals surface area contributed by atoms with Crippen molar-refractivity contribution in [3.63, 3.8) is 0 Å². The number of rotatable bonds is 6. The summed E-state index contributed by atoms with van der Waals surface area (Å²) in [7, 11) is -3.84. The van der Waals surface area contributed by atoms with Gasteiger partial charge in [0.1, 0.15) is 0 Å². The number of H-pyrrole nitrogens is 1. The molecule has 0 radical (unpaired) electrons. The van der Waals surface area contributed by atoms with E-state index in [-0.39, 0.29) is 30.2 Å². The molecule has 142 valence electrons. The number of aromatic amines is 1. The van der Waals surface area contributed by atoms with Crippen LogP contribution in [0.5, 0.6) is 0 Å². The van der Waals surface area contributed by atoms with Crippen molar-refractivity contribution in [1.82, 2.24) is 9.29 Å². The van der Waals surface area contributed by atoms with Crippen LogP contribution < -0.4 is 5.56 Å². The van der Waals surface area contributed by atoms with Gasteiger partial charge in [-0.1, -0.05) is 29.3 Å². The summed E-state index contributed by atoms with van der Waals surface area (Å²) in [5.74, 6) is 0. The maximum atomic E-state index is 13.0. The lowest BCUT2D eigenvalue weighted by Crippen LogP contribution is -2.35. The number of nitrogens with one attached hydrogen (secondary N) is 1. The second-order valence-corrected chi connectivity index (χ2v) is 8.53. The Balaban J connectivity index is 2.01. The number of fused-ring (bicyclic) bond motifs is 1. The minimum absolute atomic E-state index is 0.0957. The van der Waals surface area contributed by atoms with Gasteiger partial charge >= 0.3 is 0 Å². The van der Waals surface area contributed by atoms with Gasteiger partial charge in [0.15, 0.2) is 0 Å². The summed E-state index contributed by atoms with van der Waals surface area (Å²) in [6.45, 7) is 3.27. The Morgan fingerprint density at radius 1 is 1.00 bits per heavy atom. The van der Waals surface area contributed by atoms with Crippen LogP contribution in [-0.4, -0.2) is 36.0 Å². The predicted octanol–water partition coefficient (Wildman–Crippen LogP) is 2.33. The van der Waals surface area contributed by atoms with Crippen molar-refractivity contribution < 1.29 is 13.5 Å². The minimum Gasteiger partial charge on any atom is -0.395 e. The van der Waals surface area contributed by atoms with Gasteiger partial charge in [-0.2, -0.15) is 4.31 Å². The third kappa shape index (κ3) is 4.10. The highest BCUT2D eigenvalue weighted by molar-refractivity contribution is 7.89. The second-order valence-electron chi connectivity index (χ2n) is 6.59. The number of aliphatic hydroxyl groups excluding tert-OH is 1.